The molecule has 0 spiro atoms. The average Bonchev–Trinajstić information content (AvgIpc) is 2.45. The molecule has 0 saturated carbocycles. The largest absolute Gasteiger partial charge is 0.497 e. The van der Waals surface area contributed by atoms with E-state index in [0.717, 1.165) is 28.2 Å². The lowest BCUT2D eigenvalue weighted by Gasteiger charge is -2.14. The summed E-state index contributed by atoms with van der Waals surface area (Å²) in [5, 5.41) is 9.76. The molecule has 20 heavy (non-hydrogen) atoms. The summed E-state index contributed by atoms with van der Waals surface area (Å²) in [5.74, 6) is 1.56. The van der Waals surface area contributed by atoms with Gasteiger partial charge in [-0.15, -0.1) is 0 Å². The van der Waals surface area contributed by atoms with Crippen LogP contribution in [-0.4, -0.2) is 12.2 Å². The molecule has 0 aliphatic heterocycles. The summed E-state index contributed by atoms with van der Waals surface area (Å²) >= 11 is 0. The number of methoxy groups -OCH3 is 1. The monoisotopic (exact) mass is 272 g/mol. The van der Waals surface area contributed by atoms with Gasteiger partial charge in [-0.1, -0.05) is 24.3 Å². The van der Waals surface area contributed by atoms with E-state index >= 15 is 0 Å². The summed E-state index contributed by atoms with van der Waals surface area (Å²) in [7, 11) is 1.65. The highest BCUT2D eigenvalue weighted by atomic mass is 16.5. The van der Waals surface area contributed by atoms with Gasteiger partial charge in [-0.2, -0.15) is 0 Å². The van der Waals surface area contributed by atoms with Crippen LogP contribution in [0.5, 0.6) is 11.5 Å². The van der Waals surface area contributed by atoms with Crippen LogP contribution in [0.1, 0.15) is 29.7 Å². The maximum absolute atomic E-state index is 9.76. The van der Waals surface area contributed by atoms with E-state index in [2.05, 4.69) is 0 Å². The molecule has 1 atom stereocenters. The number of aryl methyl sites for hydroxylation is 1. The second-order valence-corrected chi connectivity index (χ2v) is 4.85. The fraction of sp³-hybridized carbons (Fsp3) is 0.294. The smallest absolute Gasteiger partial charge is 0.125 e. The van der Waals surface area contributed by atoms with E-state index in [4.69, 9.17) is 9.47 Å². The third-order valence-corrected chi connectivity index (χ3v) is 3.17. The van der Waals surface area contributed by atoms with Crippen LogP contribution < -0.4 is 9.47 Å². The van der Waals surface area contributed by atoms with Crippen LogP contribution in [-0.2, 0) is 6.61 Å². The molecule has 0 bridgehead atoms. The van der Waals surface area contributed by atoms with Gasteiger partial charge in [0.05, 0.1) is 13.2 Å². The quantitative estimate of drug-likeness (QED) is 0.903. The molecule has 2 aromatic carbocycles. The standard InChI is InChI=1S/C17H20O3/c1-12-4-9-16(13(2)18)17(10-12)20-11-14-5-7-15(19-3)8-6-14/h4-10,13,18H,11H2,1-3H3/t13-/m1/s1. The maximum atomic E-state index is 9.76. The third-order valence-electron chi connectivity index (χ3n) is 3.17. The fourth-order valence-corrected chi connectivity index (χ4v) is 1.99. The lowest BCUT2D eigenvalue weighted by molar-refractivity contribution is 0.190. The molecule has 106 valence electrons. The molecule has 0 aliphatic rings. The second-order valence-electron chi connectivity index (χ2n) is 4.85. The Morgan fingerprint density at radius 3 is 2.40 bits per heavy atom. The number of benzene rings is 2. The zero-order chi connectivity index (χ0) is 14.5. The Morgan fingerprint density at radius 2 is 1.80 bits per heavy atom. The molecule has 0 unspecified atom stereocenters. The predicted molar refractivity (Wildman–Crippen MR) is 79.1 cm³/mol. The number of aliphatic hydroxyl groups excluding tert-OH is 1. The van der Waals surface area contributed by atoms with Crippen LogP contribution in [0.15, 0.2) is 42.5 Å². The van der Waals surface area contributed by atoms with E-state index < -0.39 is 6.10 Å². The second kappa shape index (κ2) is 6.44. The first kappa shape index (κ1) is 14.4. The first-order valence-corrected chi connectivity index (χ1v) is 6.64. The van der Waals surface area contributed by atoms with Gasteiger partial charge in [-0.25, -0.2) is 0 Å². The van der Waals surface area contributed by atoms with Crippen molar-refractivity contribution >= 4 is 0 Å². The molecule has 0 heterocycles. The molecule has 0 saturated heterocycles. The summed E-state index contributed by atoms with van der Waals surface area (Å²) in [6.07, 6.45) is -0.540. The zero-order valence-corrected chi connectivity index (χ0v) is 12.1. The highest BCUT2D eigenvalue weighted by molar-refractivity contribution is 5.38. The normalized spacial score (nSPS) is 12.0. The van der Waals surface area contributed by atoms with Crippen molar-refractivity contribution in [2.45, 2.75) is 26.6 Å². The lowest BCUT2D eigenvalue weighted by atomic mass is 10.1. The SMILES string of the molecule is COc1ccc(COc2cc(C)ccc2[C@@H](C)O)cc1. The van der Waals surface area contributed by atoms with Crippen LogP contribution in [0.25, 0.3) is 0 Å². The topological polar surface area (TPSA) is 38.7 Å². The van der Waals surface area contributed by atoms with Gasteiger partial charge in [0.15, 0.2) is 0 Å². The van der Waals surface area contributed by atoms with Crippen molar-refractivity contribution in [2.75, 3.05) is 7.11 Å². The summed E-state index contributed by atoms with van der Waals surface area (Å²) in [6.45, 7) is 4.21. The average molecular weight is 272 g/mol. The summed E-state index contributed by atoms with van der Waals surface area (Å²) < 4.78 is 11.0. The van der Waals surface area contributed by atoms with Crippen molar-refractivity contribution < 1.29 is 14.6 Å². The summed E-state index contributed by atoms with van der Waals surface area (Å²) in [6, 6.07) is 13.6. The van der Waals surface area contributed by atoms with Gasteiger partial charge < -0.3 is 14.6 Å². The third kappa shape index (κ3) is 3.52. The van der Waals surface area contributed by atoms with Crippen molar-refractivity contribution in [3.63, 3.8) is 0 Å². The maximum Gasteiger partial charge on any atom is 0.125 e. The van der Waals surface area contributed by atoms with Gasteiger partial charge in [0.1, 0.15) is 18.1 Å². The molecule has 0 radical (unpaired) electrons. The van der Waals surface area contributed by atoms with Gasteiger partial charge in [-0.05, 0) is 43.2 Å². The number of hydrogen-bond acceptors (Lipinski definition) is 3. The van der Waals surface area contributed by atoms with E-state index in [1.54, 1.807) is 14.0 Å². The molecule has 0 amide bonds. The molecule has 1 N–H and O–H groups in total. The number of aliphatic hydroxyl groups is 1. The summed E-state index contributed by atoms with van der Waals surface area (Å²) in [5.41, 5.74) is 2.98. The van der Waals surface area contributed by atoms with Crippen molar-refractivity contribution in [3.05, 3.63) is 59.2 Å². The predicted octanol–water partition coefficient (Wildman–Crippen LogP) is 3.64. The Labute approximate surface area is 119 Å². The number of hydrogen-bond donors (Lipinski definition) is 1. The Balaban J connectivity index is 2.11. The van der Waals surface area contributed by atoms with Crippen molar-refractivity contribution in [3.8, 4) is 11.5 Å². The van der Waals surface area contributed by atoms with Gasteiger partial charge in [0.2, 0.25) is 0 Å². The van der Waals surface area contributed by atoms with Gasteiger partial charge >= 0.3 is 0 Å². The molecule has 0 fully saturated rings. The minimum atomic E-state index is -0.540. The summed E-state index contributed by atoms with van der Waals surface area (Å²) in [4.78, 5) is 0. The molecular weight excluding hydrogens is 252 g/mol. The molecular formula is C17H20O3. The van der Waals surface area contributed by atoms with Crippen LogP contribution in [0, 0.1) is 6.92 Å². The van der Waals surface area contributed by atoms with Gasteiger partial charge in [0, 0.05) is 5.56 Å². The van der Waals surface area contributed by atoms with Crippen LogP contribution in [0.3, 0.4) is 0 Å². The molecule has 3 heteroatoms. The van der Waals surface area contributed by atoms with Gasteiger partial charge in [0.25, 0.3) is 0 Å². The van der Waals surface area contributed by atoms with E-state index in [-0.39, 0.29) is 0 Å². The Morgan fingerprint density at radius 1 is 1.10 bits per heavy atom. The van der Waals surface area contributed by atoms with E-state index in [9.17, 15) is 5.11 Å². The number of ether oxygens (including phenoxy) is 2. The van der Waals surface area contributed by atoms with E-state index in [1.807, 2.05) is 49.4 Å². The first-order chi connectivity index (χ1) is 9.60. The molecule has 2 rings (SSSR count). The fourth-order valence-electron chi connectivity index (χ4n) is 1.99. The Hall–Kier alpha value is -2.00. The van der Waals surface area contributed by atoms with E-state index in [0.29, 0.717) is 6.61 Å². The highest BCUT2D eigenvalue weighted by Gasteiger charge is 2.09. The minimum absolute atomic E-state index is 0.465. The van der Waals surface area contributed by atoms with Crippen LogP contribution in [0.4, 0.5) is 0 Å². The first-order valence-electron chi connectivity index (χ1n) is 6.64. The molecule has 3 nitrogen and oxygen atoms in total. The lowest BCUT2D eigenvalue weighted by Crippen LogP contribution is -2.01. The molecule has 2 aromatic rings. The zero-order valence-electron chi connectivity index (χ0n) is 12.1. The molecule has 0 aliphatic carbocycles. The molecule has 0 aromatic heterocycles. The van der Waals surface area contributed by atoms with Crippen LogP contribution in [0.2, 0.25) is 0 Å². The van der Waals surface area contributed by atoms with Crippen molar-refractivity contribution in [2.24, 2.45) is 0 Å². The minimum Gasteiger partial charge on any atom is -0.497 e. The number of rotatable bonds is 5. The van der Waals surface area contributed by atoms with Crippen LogP contribution >= 0.6 is 0 Å². The Bertz CT molecular complexity index is 559. The highest BCUT2D eigenvalue weighted by Crippen LogP contribution is 2.27. The van der Waals surface area contributed by atoms with Crippen molar-refractivity contribution in [1.29, 1.82) is 0 Å². The van der Waals surface area contributed by atoms with Crippen molar-refractivity contribution in [1.82, 2.24) is 0 Å². The van der Waals surface area contributed by atoms with E-state index in [1.165, 1.54) is 0 Å². The van der Waals surface area contributed by atoms with Gasteiger partial charge in [-0.3, -0.25) is 0 Å². The Kier molecular flexibility index (Phi) is 4.64.